The van der Waals surface area contributed by atoms with Crippen LogP contribution in [0.25, 0.3) is 21.5 Å². The maximum absolute atomic E-state index is 14.3. The van der Waals surface area contributed by atoms with Gasteiger partial charge in [-0.3, -0.25) is 0 Å². The quantitative estimate of drug-likeness (QED) is 0.104. The Kier molecular flexibility index (Phi) is 9.64. The summed E-state index contributed by atoms with van der Waals surface area (Å²) in [6.07, 6.45) is -11.1. The van der Waals surface area contributed by atoms with Crippen LogP contribution in [0.2, 0.25) is 0 Å². The monoisotopic (exact) mass is 768 g/mol. The molecule has 3 rings (SSSR count). The molecule has 23 heteroatoms. The van der Waals surface area contributed by atoms with Gasteiger partial charge in [-0.25, -0.2) is 4.79 Å². The third-order valence-electron chi connectivity index (χ3n) is 7.20. The van der Waals surface area contributed by atoms with E-state index in [0.717, 1.165) is 0 Å². The van der Waals surface area contributed by atoms with Gasteiger partial charge in [0, 0.05) is 0 Å². The first-order valence-electron chi connectivity index (χ1n) is 12.8. The van der Waals surface area contributed by atoms with Crippen molar-refractivity contribution in [2.45, 2.75) is 65.9 Å². The summed E-state index contributed by atoms with van der Waals surface area (Å²) in [6.45, 7) is -2.18. The standard InChI is InChI=1S/C27H13F21O2/c28-18(29,9-10-50-17(49)16-14-7-3-1-5-12(14)11-13-6-2-4-8-15(13)16)19(30,31)20(32,33)21(34,35)22(36,37)23(38,39)24(40,41)25(42,43)26(44,45)27(46,47)48/h1-8,11H,9-10H2. The maximum Gasteiger partial charge on any atom is 0.460 e. The molecule has 0 aromatic heterocycles. The zero-order valence-corrected chi connectivity index (χ0v) is 23.4. The van der Waals surface area contributed by atoms with E-state index in [1.807, 2.05) is 0 Å². The number of esters is 1. The molecule has 0 fully saturated rings. The minimum Gasteiger partial charge on any atom is -0.462 e. The third kappa shape index (κ3) is 5.52. The molecule has 0 unspecified atom stereocenters. The summed E-state index contributed by atoms with van der Waals surface area (Å²) in [7, 11) is 0. The fourth-order valence-electron chi connectivity index (χ4n) is 4.33. The molecule has 0 aliphatic heterocycles. The van der Waals surface area contributed by atoms with E-state index in [9.17, 15) is 97.0 Å². The Morgan fingerprint density at radius 3 is 1.14 bits per heavy atom. The highest BCUT2D eigenvalue weighted by Crippen LogP contribution is 2.66. The Bertz CT molecular complexity index is 1690. The number of fused-ring (bicyclic) bond motifs is 2. The molecule has 0 saturated carbocycles. The van der Waals surface area contributed by atoms with Crippen molar-refractivity contribution in [1.82, 2.24) is 0 Å². The molecule has 0 aliphatic carbocycles. The minimum absolute atomic E-state index is 0.0120. The van der Waals surface area contributed by atoms with Crippen LogP contribution in [0.5, 0.6) is 0 Å². The van der Waals surface area contributed by atoms with E-state index >= 15 is 0 Å². The lowest BCUT2D eigenvalue weighted by molar-refractivity contribution is -0.474. The van der Waals surface area contributed by atoms with Crippen molar-refractivity contribution >= 4 is 27.5 Å². The van der Waals surface area contributed by atoms with Crippen LogP contribution >= 0.6 is 0 Å². The fraction of sp³-hybridized carbons (Fsp3) is 0.444. The summed E-state index contributed by atoms with van der Waals surface area (Å²) >= 11 is 0. The van der Waals surface area contributed by atoms with Gasteiger partial charge in [-0.15, -0.1) is 0 Å². The lowest BCUT2D eigenvalue weighted by Gasteiger charge is -2.44. The first-order chi connectivity index (χ1) is 22.2. The van der Waals surface area contributed by atoms with E-state index < -0.39 is 84.0 Å². The number of carbonyl (C=O) groups is 1. The number of rotatable bonds is 12. The summed E-state index contributed by atoms with van der Waals surface area (Å²) in [4.78, 5) is 12.8. The van der Waals surface area contributed by atoms with Gasteiger partial charge in [-0.2, -0.15) is 92.2 Å². The SMILES string of the molecule is O=C(OCCC(F)(F)C(F)(F)C(F)(F)C(F)(F)C(F)(F)C(F)(F)C(F)(F)C(F)(F)C(F)(F)C(F)(F)F)c1c2ccccc2cc2ccccc12. The maximum atomic E-state index is 14.3. The first-order valence-corrected chi connectivity index (χ1v) is 12.8. The lowest BCUT2D eigenvalue weighted by atomic mass is 9.86. The molecule has 3 aromatic carbocycles. The van der Waals surface area contributed by atoms with Gasteiger partial charge in [0.2, 0.25) is 0 Å². The summed E-state index contributed by atoms with van der Waals surface area (Å²) in [5.74, 6) is -79.5. The van der Waals surface area contributed by atoms with Gasteiger partial charge in [-0.05, 0) is 27.6 Å². The number of benzene rings is 3. The third-order valence-corrected chi connectivity index (χ3v) is 7.20. The van der Waals surface area contributed by atoms with Crippen LogP contribution in [-0.4, -0.2) is 72.1 Å². The molecule has 0 heterocycles. The van der Waals surface area contributed by atoms with Crippen molar-refractivity contribution in [3.63, 3.8) is 0 Å². The van der Waals surface area contributed by atoms with Crippen molar-refractivity contribution in [2.24, 2.45) is 0 Å². The van der Waals surface area contributed by atoms with Crippen molar-refractivity contribution in [3.05, 3.63) is 60.2 Å². The molecule has 0 N–H and O–H groups in total. The van der Waals surface area contributed by atoms with Crippen molar-refractivity contribution in [2.75, 3.05) is 6.61 Å². The Hall–Kier alpha value is -3.82. The topological polar surface area (TPSA) is 26.3 Å². The number of carbonyl (C=O) groups excluding carboxylic acids is 1. The summed E-state index contributed by atoms with van der Waals surface area (Å²) in [6, 6.07) is 12.4. The van der Waals surface area contributed by atoms with Gasteiger partial charge in [0.1, 0.15) is 0 Å². The van der Waals surface area contributed by atoms with E-state index in [2.05, 4.69) is 4.74 Å². The average Bonchev–Trinajstić information content (AvgIpc) is 2.98. The van der Waals surface area contributed by atoms with Crippen LogP contribution < -0.4 is 0 Å². The molecule has 3 aromatic rings. The highest BCUT2D eigenvalue weighted by Gasteiger charge is 2.97. The Morgan fingerprint density at radius 1 is 0.460 bits per heavy atom. The zero-order chi connectivity index (χ0) is 38.9. The molecule has 0 spiro atoms. The zero-order valence-electron chi connectivity index (χ0n) is 23.4. The molecular weight excluding hydrogens is 755 g/mol. The summed E-state index contributed by atoms with van der Waals surface area (Å²) in [5, 5.41) is 0.580. The van der Waals surface area contributed by atoms with Crippen molar-refractivity contribution in [1.29, 1.82) is 0 Å². The van der Waals surface area contributed by atoms with Gasteiger partial charge < -0.3 is 4.74 Å². The van der Waals surface area contributed by atoms with Crippen molar-refractivity contribution in [3.8, 4) is 0 Å². The van der Waals surface area contributed by atoms with Crippen LogP contribution in [0.4, 0.5) is 92.2 Å². The minimum atomic E-state index is -9.24. The predicted octanol–water partition coefficient (Wildman–Crippen LogP) is 10.8. The smallest absolute Gasteiger partial charge is 0.460 e. The lowest BCUT2D eigenvalue weighted by Crippen LogP contribution is -2.76. The summed E-state index contributed by atoms with van der Waals surface area (Å²) < 4.78 is 289. The van der Waals surface area contributed by atoms with Crippen LogP contribution in [0, 0.1) is 0 Å². The van der Waals surface area contributed by atoms with Gasteiger partial charge in [0.15, 0.2) is 0 Å². The first kappa shape index (κ1) is 40.6. The van der Waals surface area contributed by atoms with E-state index in [0.29, 0.717) is 0 Å². The molecular formula is C27H13F21O2. The van der Waals surface area contributed by atoms with Crippen LogP contribution in [-0.2, 0) is 4.74 Å². The van der Waals surface area contributed by atoms with E-state index in [-0.39, 0.29) is 21.5 Å². The number of ether oxygens (including phenoxy) is 1. The summed E-state index contributed by atoms with van der Waals surface area (Å²) in [5.41, 5.74) is -0.471. The van der Waals surface area contributed by atoms with Gasteiger partial charge >= 0.3 is 65.4 Å². The molecule has 0 saturated heterocycles. The molecule has 0 bridgehead atoms. The molecule has 0 amide bonds. The highest BCUT2D eigenvalue weighted by molar-refractivity contribution is 6.16. The fourth-order valence-corrected chi connectivity index (χ4v) is 4.33. The predicted molar refractivity (Wildman–Crippen MR) is 127 cm³/mol. The Balaban J connectivity index is 1.95. The van der Waals surface area contributed by atoms with E-state index in [1.54, 1.807) is 0 Å². The normalized spacial score (nSPS) is 15.1. The molecule has 280 valence electrons. The van der Waals surface area contributed by atoms with Crippen LogP contribution in [0.15, 0.2) is 54.6 Å². The van der Waals surface area contributed by atoms with Crippen LogP contribution in [0.1, 0.15) is 16.8 Å². The van der Waals surface area contributed by atoms with E-state index in [4.69, 9.17) is 0 Å². The average molecular weight is 768 g/mol. The second-order valence-corrected chi connectivity index (χ2v) is 10.4. The molecule has 2 nitrogen and oxygen atoms in total. The largest absolute Gasteiger partial charge is 0.462 e. The second kappa shape index (κ2) is 11.9. The number of hydrogen-bond acceptors (Lipinski definition) is 2. The molecule has 0 aliphatic rings. The van der Waals surface area contributed by atoms with Gasteiger partial charge in [-0.1, -0.05) is 48.5 Å². The second-order valence-electron chi connectivity index (χ2n) is 10.4. The van der Waals surface area contributed by atoms with E-state index in [1.165, 1.54) is 54.6 Å². The molecule has 0 radical (unpaired) electrons. The Morgan fingerprint density at radius 2 is 0.780 bits per heavy atom. The van der Waals surface area contributed by atoms with Gasteiger partial charge in [0.05, 0.1) is 18.6 Å². The van der Waals surface area contributed by atoms with Crippen LogP contribution in [0.3, 0.4) is 0 Å². The number of hydrogen-bond donors (Lipinski definition) is 0. The Labute approximate surface area is 262 Å². The van der Waals surface area contributed by atoms with Crippen molar-refractivity contribution < 1.29 is 102 Å². The number of halogens is 21. The highest BCUT2D eigenvalue weighted by atomic mass is 19.4. The molecule has 0 atom stereocenters. The van der Waals surface area contributed by atoms with Gasteiger partial charge in [0.25, 0.3) is 0 Å². The number of alkyl halides is 21. The molecule has 50 heavy (non-hydrogen) atoms.